The number of halogens is 1. The number of furan rings is 1. The first-order valence-electron chi connectivity index (χ1n) is 9.06. The van der Waals surface area contributed by atoms with Crippen molar-refractivity contribution >= 4 is 35.9 Å². The number of aliphatic imine (C=N–C) groups is 1. The maximum atomic E-state index is 11.7. The lowest BCUT2D eigenvalue weighted by Gasteiger charge is -2.32. The molecule has 9 heteroatoms. The van der Waals surface area contributed by atoms with Crippen LogP contribution in [0.4, 0.5) is 0 Å². The van der Waals surface area contributed by atoms with Gasteiger partial charge in [-0.1, -0.05) is 0 Å². The Morgan fingerprint density at radius 1 is 1.37 bits per heavy atom. The lowest BCUT2D eigenvalue weighted by molar-refractivity contribution is 0.0211. The average Bonchev–Trinajstić information content (AvgIpc) is 3.04. The molecule has 1 aromatic rings. The fourth-order valence-electron chi connectivity index (χ4n) is 2.82. The van der Waals surface area contributed by atoms with Crippen molar-refractivity contribution in [1.29, 1.82) is 0 Å². The standard InChI is InChI=1S/C18H30N4O4.HI/c1-5-19-18(20-11-13(2)22-6-8-25-9-7-22)21-12-15-10-16(14(3)26-15)17(23)24-4;/h10,13H,5-9,11-12H2,1-4H3,(H2,19,20,21);1H. The Morgan fingerprint density at radius 2 is 2.07 bits per heavy atom. The van der Waals surface area contributed by atoms with Gasteiger partial charge in [0.1, 0.15) is 23.6 Å². The highest BCUT2D eigenvalue weighted by Crippen LogP contribution is 2.16. The van der Waals surface area contributed by atoms with Crippen LogP contribution in [0, 0.1) is 6.92 Å². The van der Waals surface area contributed by atoms with E-state index in [1.54, 1.807) is 13.0 Å². The Hall–Kier alpha value is -1.33. The van der Waals surface area contributed by atoms with Crippen molar-refractivity contribution in [2.75, 3.05) is 46.5 Å². The molecule has 27 heavy (non-hydrogen) atoms. The number of rotatable bonds is 7. The van der Waals surface area contributed by atoms with Gasteiger partial charge in [0.2, 0.25) is 0 Å². The largest absolute Gasteiger partial charge is 0.465 e. The Morgan fingerprint density at radius 3 is 2.70 bits per heavy atom. The lowest BCUT2D eigenvalue weighted by Crippen LogP contribution is -2.49. The third kappa shape index (κ3) is 7.30. The summed E-state index contributed by atoms with van der Waals surface area (Å²) in [4.78, 5) is 18.6. The molecule has 2 heterocycles. The fraction of sp³-hybridized carbons (Fsp3) is 0.667. The first-order chi connectivity index (χ1) is 12.5. The number of esters is 1. The second-order valence-corrected chi connectivity index (χ2v) is 6.25. The van der Waals surface area contributed by atoms with E-state index in [1.165, 1.54) is 7.11 Å². The summed E-state index contributed by atoms with van der Waals surface area (Å²) in [7, 11) is 1.36. The van der Waals surface area contributed by atoms with Crippen LogP contribution >= 0.6 is 24.0 Å². The molecule has 2 N–H and O–H groups in total. The minimum Gasteiger partial charge on any atom is -0.465 e. The normalized spacial score (nSPS) is 16.4. The predicted octanol–water partition coefficient (Wildman–Crippen LogP) is 1.77. The molecule has 2 rings (SSSR count). The Bertz CT molecular complexity index is 615. The van der Waals surface area contributed by atoms with E-state index in [4.69, 9.17) is 13.9 Å². The molecule has 0 saturated carbocycles. The average molecular weight is 494 g/mol. The maximum absolute atomic E-state index is 11.7. The van der Waals surface area contributed by atoms with Crippen LogP contribution in [0.1, 0.15) is 35.7 Å². The van der Waals surface area contributed by atoms with Gasteiger partial charge in [-0.05, 0) is 26.8 Å². The van der Waals surface area contributed by atoms with Crippen molar-refractivity contribution in [3.8, 4) is 0 Å². The molecule has 154 valence electrons. The number of carbonyl (C=O) groups excluding carboxylic acids is 1. The molecule has 8 nitrogen and oxygen atoms in total. The summed E-state index contributed by atoms with van der Waals surface area (Å²) in [5.74, 6) is 1.49. The number of hydrogen-bond donors (Lipinski definition) is 2. The smallest absolute Gasteiger partial charge is 0.341 e. The van der Waals surface area contributed by atoms with Crippen LogP contribution in [0.2, 0.25) is 0 Å². The predicted molar refractivity (Wildman–Crippen MR) is 115 cm³/mol. The van der Waals surface area contributed by atoms with Crippen LogP contribution in [0.5, 0.6) is 0 Å². The monoisotopic (exact) mass is 494 g/mol. The van der Waals surface area contributed by atoms with Gasteiger partial charge in [-0.3, -0.25) is 4.90 Å². The molecule has 1 unspecified atom stereocenters. The van der Waals surface area contributed by atoms with Crippen LogP contribution < -0.4 is 10.6 Å². The van der Waals surface area contributed by atoms with Gasteiger partial charge in [-0.25, -0.2) is 9.79 Å². The van der Waals surface area contributed by atoms with Gasteiger partial charge in [0, 0.05) is 32.2 Å². The molecule has 1 atom stereocenters. The summed E-state index contributed by atoms with van der Waals surface area (Å²) in [6.45, 7) is 11.4. The SMILES string of the molecule is CCNC(=NCc1cc(C(=O)OC)c(C)o1)NCC(C)N1CCOCC1.I. The number of nitrogens with one attached hydrogen (secondary N) is 2. The van der Waals surface area contributed by atoms with Gasteiger partial charge in [-0.2, -0.15) is 0 Å². The zero-order chi connectivity index (χ0) is 18.9. The quantitative estimate of drug-likeness (QED) is 0.259. The van der Waals surface area contributed by atoms with Gasteiger partial charge >= 0.3 is 5.97 Å². The van der Waals surface area contributed by atoms with Gasteiger partial charge in [0.25, 0.3) is 0 Å². The van der Waals surface area contributed by atoms with E-state index in [0.29, 0.717) is 29.7 Å². The number of carbonyl (C=O) groups is 1. The summed E-state index contributed by atoms with van der Waals surface area (Å²) in [5.41, 5.74) is 0.441. The maximum Gasteiger partial charge on any atom is 0.341 e. The highest BCUT2D eigenvalue weighted by molar-refractivity contribution is 14.0. The molecule has 1 fully saturated rings. The van der Waals surface area contributed by atoms with Crippen LogP contribution in [-0.4, -0.2) is 69.4 Å². The van der Waals surface area contributed by atoms with Crippen LogP contribution in [-0.2, 0) is 16.0 Å². The molecule has 1 aromatic heterocycles. The molecule has 0 spiro atoms. The Kier molecular flexibility index (Phi) is 10.7. The molecule has 0 amide bonds. The van der Waals surface area contributed by atoms with E-state index in [0.717, 1.165) is 45.4 Å². The Balaban J connectivity index is 0.00000364. The van der Waals surface area contributed by atoms with Gasteiger partial charge < -0.3 is 24.5 Å². The minimum absolute atomic E-state index is 0. The van der Waals surface area contributed by atoms with E-state index < -0.39 is 5.97 Å². The number of aryl methyl sites for hydroxylation is 1. The van der Waals surface area contributed by atoms with E-state index in [1.807, 2.05) is 6.92 Å². The van der Waals surface area contributed by atoms with E-state index in [9.17, 15) is 4.79 Å². The highest BCUT2D eigenvalue weighted by atomic mass is 127. The number of nitrogens with zero attached hydrogens (tertiary/aromatic N) is 2. The van der Waals surface area contributed by atoms with Crippen molar-refractivity contribution in [1.82, 2.24) is 15.5 Å². The van der Waals surface area contributed by atoms with Crippen LogP contribution in [0.15, 0.2) is 15.5 Å². The minimum atomic E-state index is -0.397. The van der Waals surface area contributed by atoms with Crippen molar-refractivity contribution in [3.05, 3.63) is 23.2 Å². The molecule has 0 bridgehead atoms. The number of guanidine groups is 1. The van der Waals surface area contributed by atoms with Crippen LogP contribution in [0.3, 0.4) is 0 Å². The van der Waals surface area contributed by atoms with E-state index in [2.05, 4.69) is 27.4 Å². The molecular formula is C18H31IN4O4. The number of hydrogen-bond acceptors (Lipinski definition) is 6. The Labute approximate surface area is 178 Å². The summed E-state index contributed by atoms with van der Waals surface area (Å²) in [5, 5.41) is 6.60. The second-order valence-electron chi connectivity index (χ2n) is 6.25. The van der Waals surface area contributed by atoms with Crippen molar-refractivity contribution in [3.63, 3.8) is 0 Å². The molecule has 1 saturated heterocycles. The zero-order valence-corrected chi connectivity index (χ0v) is 18.9. The zero-order valence-electron chi connectivity index (χ0n) is 16.5. The van der Waals surface area contributed by atoms with Crippen molar-refractivity contribution in [2.45, 2.75) is 33.4 Å². The molecule has 0 aliphatic carbocycles. The van der Waals surface area contributed by atoms with Crippen molar-refractivity contribution < 1.29 is 18.7 Å². The number of morpholine rings is 1. The van der Waals surface area contributed by atoms with E-state index >= 15 is 0 Å². The summed E-state index contributed by atoms with van der Waals surface area (Å²) >= 11 is 0. The number of methoxy groups -OCH3 is 1. The fourth-order valence-corrected chi connectivity index (χ4v) is 2.82. The number of ether oxygens (including phenoxy) is 2. The molecule has 0 radical (unpaired) electrons. The molecule has 1 aliphatic heterocycles. The lowest BCUT2D eigenvalue weighted by atomic mass is 10.2. The highest BCUT2D eigenvalue weighted by Gasteiger charge is 2.17. The third-order valence-electron chi connectivity index (χ3n) is 4.35. The molecule has 0 aromatic carbocycles. The van der Waals surface area contributed by atoms with Gasteiger partial charge in [-0.15, -0.1) is 24.0 Å². The van der Waals surface area contributed by atoms with Crippen molar-refractivity contribution in [2.24, 2.45) is 4.99 Å². The molecule has 1 aliphatic rings. The first-order valence-corrected chi connectivity index (χ1v) is 9.06. The summed E-state index contributed by atoms with van der Waals surface area (Å²) < 4.78 is 15.7. The van der Waals surface area contributed by atoms with E-state index in [-0.39, 0.29) is 24.0 Å². The summed E-state index contributed by atoms with van der Waals surface area (Å²) in [6, 6.07) is 2.07. The van der Waals surface area contributed by atoms with Gasteiger partial charge in [0.15, 0.2) is 5.96 Å². The topological polar surface area (TPSA) is 88.3 Å². The first kappa shape index (κ1) is 23.7. The third-order valence-corrected chi connectivity index (χ3v) is 4.35. The molecular weight excluding hydrogens is 463 g/mol. The van der Waals surface area contributed by atoms with Gasteiger partial charge in [0.05, 0.1) is 20.3 Å². The summed E-state index contributed by atoms with van der Waals surface area (Å²) in [6.07, 6.45) is 0. The van der Waals surface area contributed by atoms with Crippen LogP contribution in [0.25, 0.3) is 0 Å². The second kappa shape index (κ2) is 12.2.